The average Bonchev–Trinajstić information content (AvgIpc) is 3.40. The highest BCUT2D eigenvalue weighted by molar-refractivity contribution is 5.85. The molecule has 7 heteroatoms. The van der Waals surface area contributed by atoms with Gasteiger partial charge in [0, 0.05) is 38.0 Å². The molecule has 2 atom stereocenters. The molecule has 3 heterocycles. The van der Waals surface area contributed by atoms with Crippen LogP contribution < -0.4 is 5.32 Å². The van der Waals surface area contributed by atoms with Crippen molar-refractivity contribution in [3.63, 3.8) is 0 Å². The van der Waals surface area contributed by atoms with Gasteiger partial charge in [0.25, 0.3) is 0 Å². The first-order valence-corrected chi connectivity index (χ1v) is 10.7. The normalized spacial score (nSPS) is 29.1. The van der Waals surface area contributed by atoms with Crippen molar-refractivity contribution in [3.8, 4) is 0 Å². The fourth-order valence-electron chi connectivity index (χ4n) is 5.59. The van der Waals surface area contributed by atoms with Crippen LogP contribution in [0.5, 0.6) is 0 Å². The zero-order valence-electron chi connectivity index (χ0n) is 16.1. The van der Waals surface area contributed by atoms with Gasteiger partial charge >= 0.3 is 0 Å². The third kappa shape index (κ3) is 3.75. The molecule has 2 aliphatic heterocycles. The van der Waals surface area contributed by atoms with E-state index in [4.69, 9.17) is 0 Å². The monoisotopic (exact) mass is 393 g/mol. The lowest BCUT2D eigenvalue weighted by atomic mass is 9.85. The first-order valence-electron chi connectivity index (χ1n) is 10.7. The number of nitrogens with one attached hydrogen (secondary N) is 1. The van der Waals surface area contributed by atoms with Crippen molar-refractivity contribution in [2.45, 2.75) is 70.4 Å². The van der Waals surface area contributed by atoms with Crippen molar-refractivity contribution in [2.75, 3.05) is 19.6 Å². The van der Waals surface area contributed by atoms with E-state index in [0.29, 0.717) is 23.7 Å². The zero-order chi connectivity index (χ0) is 17.5. The second-order valence-electron chi connectivity index (χ2n) is 8.81. The molecule has 1 saturated heterocycles. The molecule has 2 saturated carbocycles. The number of rotatable bonds is 3. The maximum atomic E-state index is 12.9. The molecule has 6 nitrogen and oxygen atoms in total. The van der Waals surface area contributed by atoms with E-state index in [0.717, 1.165) is 69.6 Å². The number of nitrogens with zero attached hydrogens (tertiary/aromatic N) is 4. The molecule has 2 aliphatic carbocycles. The first kappa shape index (κ1) is 19.2. The number of amides is 1. The molecular formula is C20H32ClN5O. The highest BCUT2D eigenvalue weighted by Gasteiger charge is 2.49. The van der Waals surface area contributed by atoms with Gasteiger partial charge in [-0.1, -0.05) is 32.1 Å². The van der Waals surface area contributed by atoms with Crippen LogP contribution in [0.1, 0.15) is 68.9 Å². The van der Waals surface area contributed by atoms with E-state index >= 15 is 0 Å². The summed E-state index contributed by atoms with van der Waals surface area (Å²) in [5.41, 5.74) is 0. The molecule has 27 heavy (non-hydrogen) atoms. The standard InChI is InChI=1S/C20H31N5O.ClH/c26-20(17-12-16(17)14-4-2-1-3-5-14)24-9-6-15(7-10-24)19-23-22-18-13-21-8-11-25(18)19;/h14-17,21H,1-13H2;1H. The van der Waals surface area contributed by atoms with Crippen LogP contribution in [0, 0.1) is 17.8 Å². The van der Waals surface area contributed by atoms with Gasteiger partial charge in [0.1, 0.15) is 11.6 Å². The Kier molecular flexibility index (Phi) is 5.74. The number of aromatic nitrogens is 3. The van der Waals surface area contributed by atoms with Crippen molar-refractivity contribution >= 4 is 18.3 Å². The van der Waals surface area contributed by atoms with Gasteiger partial charge in [0.2, 0.25) is 5.91 Å². The Morgan fingerprint density at radius 2 is 1.78 bits per heavy atom. The summed E-state index contributed by atoms with van der Waals surface area (Å²) >= 11 is 0. The summed E-state index contributed by atoms with van der Waals surface area (Å²) in [4.78, 5) is 15.1. The van der Waals surface area contributed by atoms with Gasteiger partial charge in [-0.25, -0.2) is 0 Å². The van der Waals surface area contributed by atoms with E-state index in [2.05, 4.69) is 25.0 Å². The number of carbonyl (C=O) groups excluding carboxylic acids is 1. The van der Waals surface area contributed by atoms with E-state index in [9.17, 15) is 4.79 Å². The summed E-state index contributed by atoms with van der Waals surface area (Å²) in [5, 5.41) is 12.2. The van der Waals surface area contributed by atoms with E-state index in [1.165, 1.54) is 32.1 Å². The molecule has 0 radical (unpaired) electrons. The van der Waals surface area contributed by atoms with Crippen LogP contribution >= 0.6 is 12.4 Å². The number of fused-ring (bicyclic) bond motifs is 1. The fraction of sp³-hybridized carbons (Fsp3) is 0.850. The third-order valence-corrected chi connectivity index (χ3v) is 7.24. The van der Waals surface area contributed by atoms with Gasteiger partial charge in [0.05, 0.1) is 6.54 Å². The van der Waals surface area contributed by atoms with Crippen molar-refractivity contribution in [3.05, 3.63) is 11.6 Å². The van der Waals surface area contributed by atoms with Crippen molar-refractivity contribution < 1.29 is 4.79 Å². The van der Waals surface area contributed by atoms with Crippen molar-refractivity contribution in [1.82, 2.24) is 25.0 Å². The van der Waals surface area contributed by atoms with Crippen LogP contribution in [0.4, 0.5) is 0 Å². The number of carbonyl (C=O) groups is 1. The lowest BCUT2D eigenvalue weighted by molar-refractivity contribution is -0.134. The molecule has 1 N–H and O–H groups in total. The molecule has 5 rings (SSSR count). The van der Waals surface area contributed by atoms with Crippen LogP contribution in [0.25, 0.3) is 0 Å². The minimum atomic E-state index is 0. The summed E-state index contributed by atoms with van der Waals surface area (Å²) < 4.78 is 2.30. The predicted molar refractivity (Wildman–Crippen MR) is 106 cm³/mol. The van der Waals surface area contributed by atoms with Gasteiger partial charge < -0.3 is 14.8 Å². The molecule has 1 aromatic rings. The summed E-state index contributed by atoms with van der Waals surface area (Å²) in [6, 6.07) is 0. The lowest BCUT2D eigenvalue weighted by Crippen LogP contribution is -2.40. The fourth-order valence-corrected chi connectivity index (χ4v) is 5.59. The lowest BCUT2D eigenvalue weighted by Gasteiger charge is -2.32. The Morgan fingerprint density at radius 1 is 1.00 bits per heavy atom. The Balaban J connectivity index is 0.00000180. The van der Waals surface area contributed by atoms with Crippen LogP contribution in [0.2, 0.25) is 0 Å². The van der Waals surface area contributed by atoms with E-state index in [1.54, 1.807) is 0 Å². The number of hydrogen-bond acceptors (Lipinski definition) is 4. The number of piperidine rings is 1. The van der Waals surface area contributed by atoms with Crippen LogP contribution in [0.3, 0.4) is 0 Å². The van der Waals surface area contributed by atoms with Crippen LogP contribution in [-0.2, 0) is 17.9 Å². The molecule has 0 aromatic carbocycles. The highest BCUT2D eigenvalue weighted by atomic mass is 35.5. The minimum Gasteiger partial charge on any atom is -0.342 e. The Labute approximate surface area is 167 Å². The van der Waals surface area contributed by atoms with E-state index in [-0.39, 0.29) is 12.4 Å². The third-order valence-electron chi connectivity index (χ3n) is 7.24. The quantitative estimate of drug-likeness (QED) is 0.857. The van der Waals surface area contributed by atoms with E-state index < -0.39 is 0 Å². The molecular weight excluding hydrogens is 362 g/mol. The molecule has 1 aromatic heterocycles. The molecule has 150 valence electrons. The predicted octanol–water partition coefficient (Wildman–Crippen LogP) is 2.73. The van der Waals surface area contributed by atoms with Gasteiger partial charge in [-0.15, -0.1) is 22.6 Å². The number of likely N-dealkylation sites (tertiary alicyclic amines) is 1. The molecule has 1 amide bonds. The van der Waals surface area contributed by atoms with Gasteiger partial charge in [-0.05, 0) is 31.1 Å². The number of hydrogen-bond donors (Lipinski definition) is 1. The van der Waals surface area contributed by atoms with Crippen molar-refractivity contribution in [2.24, 2.45) is 17.8 Å². The van der Waals surface area contributed by atoms with Crippen LogP contribution in [0.15, 0.2) is 0 Å². The summed E-state index contributed by atoms with van der Waals surface area (Å²) in [5.74, 6) is 5.03. The highest BCUT2D eigenvalue weighted by Crippen LogP contribution is 2.50. The second-order valence-corrected chi connectivity index (χ2v) is 8.81. The minimum absolute atomic E-state index is 0. The van der Waals surface area contributed by atoms with Crippen molar-refractivity contribution in [1.29, 1.82) is 0 Å². The summed E-state index contributed by atoms with van der Waals surface area (Å²) in [6.45, 7) is 4.60. The first-order chi connectivity index (χ1) is 12.8. The van der Waals surface area contributed by atoms with Gasteiger partial charge in [-0.2, -0.15) is 0 Å². The zero-order valence-corrected chi connectivity index (χ0v) is 16.9. The average molecular weight is 394 g/mol. The van der Waals surface area contributed by atoms with Gasteiger partial charge in [-0.3, -0.25) is 4.79 Å². The molecule has 0 spiro atoms. The molecule has 3 fully saturated rings. The van der Waals surface area contributed by atoms with Crippen LogP contribution in [-0.4, -0.2) is 45.2 Å². The number of halogens is 1. The van der Waals surface area contributed by atoms with E-state index in [1.807, 2.05) is 0 Å². The van der Waals surface area contributed by atoms with Gasteiger partial charge in [0.15, 0.2) is 0 Å². The summed E-state index contributed by atoms with van der Waals surface area (Å²) in [7, 11) is 0. The molecule has 4 aliphatic rings. The maximum Gasteiger partial charge on any atom is 0.225 e. The summed E-state index contributed by atoms with van der Waals surface area (Å²) in [6.07, 6.45) is 10.1. The molecule has 2 unspecified atom stereocenters. The topological polar surface area (TPSA) is 63.1 Å². The maximum absolute atomic E-state index is 12.9. The Morgan fingerprint density at radius 3 is 2.56 bits per heavy atom. The Bertz CT molecular complexity index is 663. The SMILES string of the molecule is Cl.O=C(C1CC1C1CCCCC1)N1CCC(c2nnc3n2CCNC3)CC1. The largest absolute Gasteiger partial charge is 0.342 e. The smallest absolute Gasteiger partial charge is 0.225 e. The second kappa shape index (κ2) is 8.08. The molecule has 0 bridgehead atoms. The Hall–Kier alpha value is -1.14.